The van der Waals surface area contributed by atoms with Gasteiger partial charge in [-0.2, -0.15) is 5.10 Å². The van der Waals surface area contributed by atoms with Gasteiger partial charge in [0.25, 0.3) is 0 Å². The van der Waals surface area contributed by atoms with Crippen molar-refractivity contribution in [3.8, 4) is 23.0 Å². The van der Waals surface area contributed by atoms with E-state index in [0.717, 1.165) is 40.3 Å². The second-order valence-corrected chi connectivity index (χ2v) is 7.69. The van der Waals surface area contributed by atoms with Gasteiger partial charge in [0.1, 0.15) is 11.5 Å². The Kier molecular flexibility index (Phi) is 5.35. The summed E-state index contributed by atoms with van der Waals surface area (Å²) < 4.78 is 23.3. The summed E-state index contributed by atoms with van der Waals surface area (Å²) in [5.41, 5.74) is 4.11. The van der Waals surface area contributed by atoms with Crippen LogP contribution in [0.15, 0.2) is 71.8 Å². The number of benzene rings is 3. The SMILES string of the molecule is CCOc1ccc(C2=NN3[C@H](C2)c2ccccc2O[C@H]3c2cccc(OC)c2OC)cc1. The van der Waals surface area contributed by atoms with Crippen molar-refractivity contribution in [3.63, 3.8) is 0 Å². The van der Waals surface area contributed by atoms with E-state index in [1.54, 1.807) is 14.2 Å². The predicted octanol–water partition coefficient (Wildman–Crippen LogP) is 5.34. The van der Waals surface area contributed by atoms with Crippen LogP contribution in [0.5, 0.6) is 23.0 Å². The number of nitrogens with zero attached hydrogens (tertiary/aromatic N) is 2. The third-order valence-corrected chi connectivity index (χ3v) is 5.90. The Bertz CT molecular complexity index is 1140. The molecule has 0 fully saturated rings. The molecule has 0 N–H and O–H groups in total. The normalized spacial score (nSPS) is 18.8. The van der Waals surface area contributed by atoms with Crippen LogP contribution in [-0.2, 0) is 0 Å². The van der Waals surface area contributed by atoms with Crippen molar-refractivity contribution < 1.29 is 18.9 Å². The Labute approximate surface area is 188 Å². The number of rotatable bonds is 6. The zero-order chi connectivity index (χ0) is 22.1. The van der Waals surface area contributed by atoms with Crippen LogP contribution in [-0.4, -0.2) is 31.5 Å². The van der Waals surface area contributed by atoms with Gasteiger partial charge in [-0.1, -0.05) is 24.3 Å². The number of para-hydroxylation sites is 2. The molecule has 3 aromatic rings. The van der Waals surface area contributed by atoms with Crippen molar-refractivity contribution in [2.24, 2.45) is 5.10 Å². The van der Waals surface area contributed by atoms with Crippen LogP contribution < -0.4 is 18.9 Å². The highest BCUT2D eigenvalue weighted by molar-refractivity contribution is 6.02. The van der Waals surface area contributed by atoms with Crippen molar-refractivity contribution in [1.82, 2.24) is 5.01 Å². The van der Waals surface area contributed by atoms with Crippen LogP contribution in [0.3, 0.4) is 0 Å². The molecule has 0 aromatic heterocycles. The second kappa shape index (κ2) is 8.46. The van der Waals surface area contributed by atoms with E-state index in [-0.39, 0.29) is 6.04 Å². The summed E-state index contributed by atoms with van der Waals surface area (Å²) in [7, 11) is 3.29. The summed E-state index contributed by atoms with van der Waals surface area (Å²) >= 11 is 0. The minimum Gasteiger partial charge on any atom is -0.494 e. The lowest BCUT2D eigenvalue weighted by molar-refractivity contribution is -0.0205. The Morgan fingerprint density at radius 2 is 1.72 bits per heavy atom. The average Bonchev–Trinajstić information content (AvgIpc) is 3.29. The highest BCUT2D eigenvalue weighted by Crippen LogP contribution is 2.49. The molecule has 0 amide bonds. The number of hydrogen-bond donors (Lipinski definition) is 0. The van der Waals surface area contributed by atoms with Gasteiger partial charge in [0.2, 0.25) is 6.23 Å². The summed E-state index contributed by atoms with van der Waals surface area (Å²) in [6.07, 6.45) is 0.358. The molecule has 164 valence electrons. The molecule has 0 saturated carbocycles. The largest absolute Gasteiger partial charge is 0.494 e. The van der Waals surface area contributed by atoms with Crippen molar-refractivity contribution in [2.45, 2.75) is 25.6 Å². The van der Waals surface area contributed by atoms with E-state index in [1.165, 1.54) is 0 Å². The van der Waals surface area contributed by atoms with Crippen LogP contribution in [0, 0.1) is 0 Å². The fourth-order valence-corrected chi connectivity index (χ4v) is 4.43. The van der Waals surface area contributed by atoms with E-state index in [4.69, 9.17) is 24.0 Å². The first kappa shape index (κ1) is 20.2. The van der Waals surface area contributed by atoms with Gasteiger partial charge in [0.05, 0.1) is 38.1 Å². The molecule has 6 nitrogen and oxygen atoms in total. The Balaban J connectivity index is 1.57. The molecular formula is C26H26N2O4. The van der Waals surface area contributed by atoms with E-state index in [1.807, 2.05) is 60.5 Å². The zero-order valence-electron chi connectivity index (χ0n) is 18.4. The molecule has 2 atom stereocenters. The molecule has 0 unspecified atom stereocenters. The molecule has 0 saturated heterocycles. The van der Waals surface area contributed by atoms with Gasteiger partial charge in [0, 0.05) is 12.0 Å². The van der Waals surface area contributed by atoms with Gasteiger partial charge in [0.15, 0.2) is 11.5 Å². The predicted molar refractivity (Wildman–Crippen MR) is 123 cm³/mol. The quantitative estimate of drug-likeness (QED) is 0.528. The maximum Gasteiger partial charge on any atom is 0.217 e. The Hall–Kier alpha value is -3.67. The number of fused-ring (bicyclic) bond motifs is 3. The molecule has 0 aliphatic carbocycles. The maximum absolute atomic E-state index is 6.47. The Morgan fingerprint density at radius 1 is 0.938 bits per heavy atom. The van der Waals surface area contributed by atoms with Crippen LogP contribution in [0.4, 0.5) is 0 Å². The van der Waals surface area contributed by atoms with Gasteiger partial charge in [-0.3, -0.25) is 0 Å². The third kappa shape index (κ3) is 3.42. The first-order valence-corrected chi connectivity index (χ1v) is 10.8. The molecule has 2 heterocycles. The first-order chi connectivity index (χ1) is 15.7. The van der Waals surface area contributed by atoms with E-state index in [2.05, 4.69) is 18.2 Å². The molecule has 6 heteroatoms. The van der Waals surface area contributed by atoms with Crippen LogP contribution in [0.2, 0.25) is 0 Å². The summed E-state index contributed by atoms with van der Waals surface area (Å²) in [4.78, 5) is 0. The van der Waals surface area contributed by atoms with Gasteiger partial charge < -0.3 is 18.9 Å². The average molecular weight is 431 g/mol. The van der Waals surface area contributed by atoms with E-state index >= 15 is 0 Å². The molecular weight excluding hydrogens is 404 g/mol. The van der Waals surface area contributed by atoms with Crippen molar-refractivity contribution >= 4 is 5.71 Å². The van der Waals surface area contributed by atoms with E-state index in [9.17, 15) is 0 Å². The van der Waals surface area contributed by atoms with Gasteiger partial charge in [-0.05, 0) is 55.0 Å². The maximum atomic E-state index is 6.47. The van der Waals surface area contributed by atoms with Crippen LogP contribution in [0.1, 0.15) is 42.3 Å². The van der Waals surface area contributed by atoms with Crippen LogP contribution >= 0.6 is 0 Å². The summed E-state index contributed by atoms with van der Waals surface area (Å²) in [5, 5.41) is 7.08. The van der Waals surface area contributed by atoms with Crippen molar-refractivity contribution in [2.75, 3.05) is 20.8 Å². The van der Waals surface area contributed by atoms with Gasteiger partial charge in [-0.25, -0.2) is 5.01 Å². The molecule has 2 aliphatic rings. The molecule has 2 aliphatic heterocycles. The van der Waals surface area contributed by atoms with Gasteiger partial charge >= 0.3 is 0 Å². The Morgan fingerprint density at radius 3 is 2.47 bits per heavy atom. The number of methoxy groups -OCH3 is 2. The fraction of sp³-hybridized carbons (Fsp3) is 0.269. The lowest BCUT2D eigenvalue weighted by atomic mass is 9.95. The molecule has 5 rings (SSSR count). The molecule has 32 heavy (non-hydrogen) atoms. The summed E-state index contributed by atoms with van der Waals surface area (Å²) in [6.45, 7) is 2.63. The fourth-order valence-electron chi connectivity index (χ4n) is 4.43. The highest BCUT2D eigenvalue weighted by atomic mass is 16.5. The number of ether oxygens (including phenoxy) is 4. The monoisotopic (exact) mass is 430 g/mol. The smallest absolute Gasteiger partial charge is 0.217 e. The van der Waals surface area contributed by atoms with Crippen molar-refractivity contribution in [1.29, 1.82) is 0 Å². The van der Waals surface area contributed by atoms with Crippen molar-refractivity contribution in [3.05, 3.63) is 83.4 Å². The molecule has 0 bridgehead atoms. The lowest BCUT2D eigenvalue weighted by Gasteiger charge is -2.38. The molecule has 0 spiro atoms. The number of hydrazone groups is 1. The second-order valence-electron chi connectivity index (χ2n) is 7.69. The summed E-state index contributed by atoms with van der Waals surface area (Å²) in [6, 6.07) is 22.2. The summed E-state index contributed by atoms with van der Waals surface area (Å²) in [5.74, 6) is 3.05. The standard InChI is InChI=1S/C26H26N2O4/c1-4-31-18-14-12-17(13-15-18)21-16-22-19-8-5-6-10-23(19)32-26(28(22)27-21)20-9-7-11-24(29-2)25(20)30-3/h5-15,22,26H,4,16H2,1-3H3/t22-,26+/m1/s1. The van der Waals surface area contributed by atoms with Crippen LogP contribution in [0.25, 0.3) is 0 Å². The third-order valence-electron chi connectivity index (χ3n) is 5.90. The lowest BCUT2D eigenvalue weighted by Crippen LogP contribution is -2.34. The zero-order valence-corrected chi connectivity index (χ0v) is 18.4. The molecule has 3 aromatic carbocycles. The topological polar surface area (TPSA) is 52.5 Å². The van der Waals surface area contributed by atoms with E-state index in [0.29, 0.717) is 18.1 Å². The minimum absolute atomic E-state index is 0.0717. The van der Waals surface area contributed by atoms with Gasteiger partial charge in [-0.15, -0.1) is 0 Å². The number of hydrogen-bond acceptors (Lipinski definition) is 6. The molecule has 0 radical (unpaired) electrons. The minimum atomic E-state index is -0.430. The highest BCUT2D eigenvalue weighted by Gasteiger charge is 2.42. The van der Waals surface area contributed by atoms with E-state index < -0.39 is 6.23 Å². The first-order valence-electron chi connectivity index (χ1n) is 10.8.